The minimum Gasteiger partial charge on any atom is -0.491 e. The highest BCUT2D eigenvalue weighted by Gasteiger charge is 2.45. The molecule has 2 atom stereocenters. The van der Waals surface area contributed by atoms with E-state index in [1.807, 2.05) is 46.0 Å². The molecule has 2 aliphatic rings. The van der Waals surface area contributed by atoms with Crippen molar-refractivity contribution >= 4 is 40.8 Å². The summed E-state index contributed by atoms with van der Waals surface area (Å²) in [5.41, 5.74) is 1.82. The van der Waals surface area contributed by atoms with Crippen LogP contribution in [0.4, 0.5) is 5.69 Å². The zero-order chi connectivity index (χ0) is 40.0. The SMILES string of the molecule is CC(=O)N1CCN(c2ccc(OC[C@H]3CO[C@](Cn4ccnc4)(c4ccc(Cl)cc4Cl)O3)cc2)CC1.CCCCCCCC/C=C/CCCCCCCC(=O)O. The van der Waals surface area contributed by atoms with Crippen LogP contribution in [0.2, 0.25) is 10.0 Å². The van der Waals surface area contributed by atoms with Crippen molar-refractivity contribution in [3.8, 4) is 5.75 Å². The average molecular weight is 814 g/mol. The highest BCUT2D eigenvalue weighted by atomic mass is 35.5. The fourth-order valence-corrected chi connectivity index (χ4v) is 7.50. The molecular weight excluding hydrogens is 751 g/mol. The van der Waals surface area contributed by atoms with E-state index in [0.29, 0.717) is 41.8 Å². The molecular formula is C44H62Cl2N4O6. The van der Waals surface area contributed by atoms with Crippen molar-refractivity contribution in [3.05, 3.63) is 88.9 Å². The van der Waals surface area contributed by atoms with E-state index < -0.39 is 11.8 Å². The van der Waals surface area contributed by atoms with Gasteiger partial charge in [-0.05, 0) is 68.5 Å². The first kappa shape index (κ1) is 45.1. The molecule has 2 aromatic carbocycles. The molecule has 1 amide bonds. The maximum Gasteiger partial charge on any atom is 0.303 e. The Balaban J connectivity index is 0.000000298. The molecule has 5 rings (SSSR count). The van der Waals surface area contributed by atoms with E-state index in [4.69, 9.17) is 42.5 Å². The number of unbranched alkanes of at least 4 members (excludes halogenated alkanes) is 11. The van der Waals surface area contributed by atoms with Crippen LogP contribution in [0.3, 0.4) is 0 Å². The molecule has 12 heteroatoms. The lowest BCUT2D eigenvalue weighted by molar-refractivity contribution is -0.189. The number of ether oxygens (including phenoxy) is 3. The summed E-state index contributed by atoms with van der Waals surface area (Å²) in [6, 6.07) is 13.3. The molecule has 2 saturated heterocycles. The molecule has 0 radical (unpaired) electrons. The molecule has 0 aliphatic carbocycles. The van der Waals surface area contributed by atoms with Crippen LogP contribution < -0.4 is 9.64 Å². The van der Waals surface area contributed by atoms with Gasteiger partial charge in [0.15, 0.2) is 0 Å². The number of imidazole rings is 1. The number of anilines is 1. The first-order valence-corrected chi connectivity index (χ1v) is 21.3. The van der Waals surface area contributed by atoms with Crippen molar-refractivity contribution in [1.82, 2.24) is 14.5 Å². The first-order chi connectivity index (χ1) is 27.2. The minimum absolute atomic E-state index is 0.129. The number of carboxylic acid groups (broad SMARTS) is 1. The number of amides is 1. The lowest BCUT2D eigenvalue weighted by atomic mass is 10.1. The van der Waals surface area contributed by atoms with Gasteiger partial charge in [0, 0.05) is 68.2 Å². The number of allylic oxidation sites excluding steroid dienone is 2. The van der Waals surface area contributed by atoms with Gasteiger partial charge in [0.1, 0.15) is 18.5 Å². The Bertz CT molecular complexity index is 1600. The predicted octanol–water partition coefficient (Wildman–Crippen LogP) is 10.3. The van der Waals surface area contributed by atoms with Crippen molar-refractivity contribution in [3.63, 3.8) is 0 Å². The Kier molecular flexibility index (Phi) is 20.1. The van der Waals surface area contributed by atoms with Crippen LogP contribution in [0, 0.1) is 0 Å². The van der Waals surface area contributed by atoms with E-state index in [0.717, 1.165) is 50.5 Å². The second kappa shape index (κ2) is 24.9. The van der Waals surface area contributed by atoms with Crippen LogP contribution in [0.15, 0.2) is 73.3 Å². The van der Waals surface area contributed by atoms with Gasteiger partial charge in [0.2, 0.25) is 11.7 Å². The van der Waals surface area contributed by atoms with Gasteiger partial charge in [-0.25, -0.2) is 4.98 Å². The van der Waals surface area contributed by atoms with Gasteiger partial charge in [0.25, 0.3) is 0 Å². The van der Waals surface area contributed by atoms with Crippen molar-refractivity contribution in [2.24, 2.45) is 0 Å². The molecule has 3 heterocycles. The van der Waals surface area contributed by atoms with Crippen LogP contribution in [0.1, 0.15) is 109 Å². The molecule has 2 fully saturated rings. The molecule has 0 spiro atoms. The monoisotopic (exact) mass is 812 g/mol. The number of aromatic nitrogens is 2. The number of halogens is 2. The highest BCUT2D eigenvalue weighted by molar-refractivity contribution is 6.35. The molecule has 1 aromatic heterocycles. The summed E-state index contributed by atoms with van der Waals surface area (Å²) in [7, 11) is 0. The van der Waals surface area contributed by atoms with Gasteiger partial charge in [-0.2, -0.15) is 0 Å². The molecule has 0 saturated carbocycles. The van der Waals surface area contributed by atoms with Gasteiger partial charge in [0.05, 0.1) is 24.5 Å². The summed E-state index contributed by atoms with van der Waals surface area (Å²) in [6.45, 7) is 8.06. The van der Waals surface area contributed by atoms with Crippen molar-refractivity contribution in [2.45, 2.75) is 122 Å². The Morgan fingerprint density at radius 2 is 1.57 bits per heavy atom. The summed E-state index contributed by atoms with van der Waals surface area (Å²) >= 11 is 12.7. The van der Waals surface area contributed by atoms with E-state index in [1.54, 1.807) is 31.6 Å². The summed E-state index contributed by atoms with van der Waals surface area (Å²) < 4.78 is 20.6. The third kappa shape index (κ3) is 15.8. The number of hydrogen-bond donors (Lipinski definition) is 1. The second-order valence-electron chi connectivity index (χ2n) is 14.7. The molecule has 10 nitrogen and oxygen atoms in total. The van der Waals surface area contributed by atoms with Gasteiger partial charge in [-0.15, -0.1) is 0 Å². The lowest BCUT2D eigenvalue weighted by Gasteiger charge is -2.35. The summed E-state index contributed by atoms with van der Waals surface area (Å²) in [5.74, 6) is -0.865. The van der Waals surface area contributed by atoms with Gasteiger partial charge in [-0.1, -0.05) is 99.7 Å². The van der Waals surface area contributed by atoms with Gasteiger partial charge < -0.3 is 33.7 Å². The Morgan fingerprint density at radius 1 is 0.911 bits per heavy atom. The quantitative estimate of drug-likeness (QED) is 0.0790. The zero-order valence-electron chi connectivity index (χ0n) is 33.4. The molecule has 3 aromatic rings. The predicted molar refractivity (Wildman–Crippen MR) is 225 cm³/mol. The van der Waals surface area contributed by atoms with Crippen molar-refractivity contribution in [2.75, 3.05) is 44.3 Å². The summed E-state index contributed by atoms with van der Waals surface area (Å²) in [4.78, 5) is 30.2. The van der Waals surface area contributed by atoms with Crippen LogP contribution in [-0.2, 0) is 31.4 Å². The second-order valence-corrected chi connectivity index (χ2v) is 15.5. The average Bonchev–Trinajstić information content (AvgIpc) is 3.86. The fourth-order valence-electron chi connectivity index (χ4n) is 6.94. The summed E-state index contributed by atoms with van der Waals surface area (Å²) in [6.07, 6.45) is 26.2. The number of carboxylic acids is 1. The number of rotatable bonds is 22. The van der Waals surface area contributed by atoms with E-state index in [9.17, 15) is 9.59 Å². The number of aliphatic carboxylic acids is 1. The Morgan fingerprint density at radius 3 is 2.18 bits per heavy atom. The van der Waals surface area contributed by atoms with E-state index in [1.165, 1.54) is 70.6 Å². The fraction of sp³-hybridized carbons (Fsp3) is 0.568. The van der Waals surface area contributed by atoms with Crippen molar-refractivity contribution in [1.29, 1.82) is 0 Å². The van der Waals surface area contributed by atoms with Crippen LogP contribution >= 0.6 is 23.2 Å². The van der Waals surface area contributed by atoms with Crippen LogP contribution in [0.25, 0.3) is 0 Å². The molecule has 0 bridgehead atoms. The Hall–Kier alpha value is -3.57. The minimum atomic E-state index is -1.08. The maximum atomic E-state index is 11.6. The molecule has 56 heavy (non-hydrogen) atoms. The topological polar surface area (TPSA) is 106 Å². The lowest BCUT2D eigenvalue weighted by Crippen LogP contribution is -2.48. The van der Waals surface area contributed by atoms with E-state index >= 15 is 0 Å². The van der Waals surface area contributed by atoms with Crippen LogP contribution in [0.5, 0.6) is 5.75 Å². The number of carbonyl (C=O) groups is 2. The highest BCUT2D eigenvalue weighted by Crippen LogP contribution is 2.40. The number of carbonyl (C=O) groups excluding carboxylic acids is 1. The van der Waals surface area contributed by atoms with E-state index in [2.05, 4.69) is 29.0 Å². The maximum absolute atomic E-state index is 11.6. The Labute approximate surface area is 344 Å². The third-order valence-corrected chi connectivity index (χ3v) is 10.7. The number of hydrogen-bond acceptors (Lipinski definition) is 7. The molecule has 1 N–H and O–H groups in total. The third-order valence-electron chi connectivity index (χ3n) is 10.2. The zero-order valence-corrected chi connectivity index (χ0v) is 34.9. The number of piperazine rings is 1. The molecule has 0 unspecified atom stereocenters. The normalized spacial score (nSPS) is 18.2. The van der Waals surface area contributed by atoms with Gasteiger partial charge in [-0.3, -0.25) is 9.59 Å². The summed E-state index contributed by atoms with van der Waals surface area (Å²) in [5, 5.41) is 9.53. The van der Waals surface area contributed by atoms with Crippen molar-refractivity contribution < 1.29 is 28.9 Å². The standard InChI is InChI=1S/C26H28Cl2N4O4.C18H34O2/c1-19(33)31-10-12-32(13-11-31)21-3-5-22(6-4-21)34-15-23-16-35-26(36-23,17-30-9-8-29-18-30)24-7-2-20(27)14-25(24)28;1-2-3-4-5-6-7-8-9-10-11-12-13-14-15-16-17-18(19)20/h2-9,14,18,23H,10-13,15-17H2,1H3;9-10H,2-8,11-17H2,1H3,(H,19,20)/b;10-9+/t23-,26-;/m0./s1. The van der Waals surface area contributed by atoms with Crippen LogP contribution in [-0.4, -0.2) is 76.9 Å². The first-order valence-electron chi connectivity index (χ1n) is 20.5. The largest absolute Gasteiger partial charge is 0.491 e. The molecule has 2 aliphatic heterocycles. The molecule has 308 valence electrons. The smallest absolute Gasteiger partial charge is 0.303 e. The number of nitrogens with zero attached hydrogens (tertiary/aromatic N) is 4. The van der Waals surface area contributed by atoms with Gasteiger partial charge >= 0.3 is 5.97 Å². The number of benzene rings is 2. The van der Waals surface area contributed by atoms with E-state index in [-0.39, 0.29) is 12.0 Å².